The Morgan fingerprint density at radius 3 is 1.82 bits per heavy atom. The van der Waals surface area contributed by atoms with Gasteiger partial charge in [0.05, 0.1) is 5.56 Å². The van der Waals surface area contributed by atoms with Crippen LogP contribution in [0.1, 0.15) is 45.2 Å². The molecular formula is C13H21F3O. The van der Waals surface area contributed by atoms with Crippen LogP contribution < -0.4 is 0 Å². The largest absolute Gasteiger partial charge is 0.508 e. The first-order valence-electron chi connectivity index (χ1n) is 5.69. The smallest absolute Gasteiger partial charge is 0.416 e. The minimum absolute atomic E-state index is 0.122. The lowest BCUT2D eigenvalue weighted by Crippen LogP contribution is -2.04. The number of benzene rings is 1. The molecule has 1 nitrogen and oxygen atoms in total. The Morgan fingerprint density at radius 2 is 1.53 bits per heavy atom. The summed E-state index contributed by atoms with van der Waals surface area (Å²) in [5.74, 6) is -0.122. The molecule has 0 atom stereocenters. The van der Waals surface area contributed by atoms with Crippen LogP contribution in [0.4, 0.5) is 13.2 Å². The molecule has 0 saturated heterocycles. The molecule has 1 N–H and O–H groups in total. The van der Waals surface area contributed by atoms with Gasteiger partial charge in [-0.15, -0.1) is 0 Å². The van der Waals surface area contributed by atoms with E-state index in [1.807, 2.05) is 13.8 Å². The van der Waals surface area contributed by atoms with E-state index in [0.717, 1.165) is 18.2 Å². The third-order valence-electron chi connectivity index (χ3n) is 1.52. The molecule has 0 radical (unpaired) electrons. The molecule has 0 unspecified atom stereocenters. The minimum atomic E-state index is -4.33. The zero-order valence-corrected chi connectivity index (χ0v) is 11.0. The van der Waals surface area contributed by atoms with E-state index in [0.29, 0.717) is 0 Å². The van der Waals surface area contributed by atoms with Gasteiger partial charge in [0.1, 0.15) is 5.75 Å². The van der Waals surface area contributed by atoms with E-state index < -0.39 is 11.7 Å². The van der Waals surface area contributed by atoms with Crippen molar-refractivity contribution in [3.05, 3.63) is 29.3 Å². The van der Waals surface area contributed by atoms with E-state index in [4.69, 9.17) is 5.11 Å². The predicted molar refractivity (Wildman–Crippen MR) is 65.2 cm³/mol. The molecular weight excluding hydrogens is 229 g/mol. The second-order valence-electron chi connectivity index (χ2n) is 3.21. The van der Waals surface area contributed by atoms with Crippen molar-refractivity contribution in [2.75, 3.05) is 0 Å². The van der Waals surface area contributed by atoms with Gasteiger partial charge in [0.15, 0.2) is 0 Å². The fraction of sp³-hybridized carbons (Fsp3) is 0.538. The third kappa shape index (κ3) is 7.66. The summed E-state index contributed by atoms with van der Waals surface area (Å²) in [6.07, 6.45) is -3.08. The Bertz CT molecular complexity index is 306. The van der Waals surface area contributed by atoms with E-state index in [-0.39, 0.29) is 11.3 Å². The van der Waals surface area contributed by atoms with Crippen LogP contribution in [0.2, 0.25) is 0 Å². The van der Waals surface area contributed by atoms with Crippen LogP contribution in [0.25, 0.3) is 0 Å². The molecule has 4 heteroatoms. The zero-order valence-electron chi connectivity index (χ0n) is 11.0. The Labute approximate surface area is 101 Å². The summed E-state index contributed by atoms with van der Waals surface area (Å²) in [5.41, 5.74) is -0.511. The molecule has 0 amide bonds. The molecule has 1 aromatic rings. The first-order chi connectivity index (χ1) is 7.82. The molecule has 0 aliphatic heterocycles. The summed E-state index contributed by atoms with van der Waals surface area (Å²) >= 11 is 0. The van der Waals surface area contributed by atoms with Crippen LogP contribution in [-0.2, 0) is 6.18 Å². The summed E-state index contributed by atoms with van der Waals surface area (Å²) < 4.78 is 36.1. The van der Waals surface area contributed by atoms with E-state index in [1.165, 1.54) is 13.3 Å². The van der Waals surface area contributed by atoms with Gasteiger partial charge >= 0.3 is 6.18 Å². The molecule has 0 heterocycles. The second-order valence-corrected chi connectivity index (χ2v) is 3.21. The van der Waals surface area contributed by atoms with Gasteiger partial charge in [0.25, 0.3) is 0 Å². The van der Waals surface area contributed by atoms with E-state index in [1.54, 1.807) is 0 Å². The number of phenols is 1. The van der Waals surface area contributed by atoms with Crippen LogP contribution in [0.5, 0.6) is 5.75 Å². The molecule has 0 aliphatic rings. The predicted octanol–water partition coefficient (Wildman–Crippen LogP) is 5.16. The monoisotopic (exact) mass is 250 g/mol. The average molecular weight is 250 g/mol. The molecule has 0 fully saturated rings. The van der Waals surface area contributed by atoms with Gasteiger partial charge in [-0.1, -0.05) is 34.1 Å². The highest BCUT2D eigenvalue weighted by molar-refractivity contribution is 5.35. The fourth-order valence-corrected chi connectivity index (χ4v) is 0.832. The number of aryl methyl sites for hydroxylation is 1. The zero-order chi connectivity index (χ0) is 14.1. The van der Waals surface area contributed by atoms with Gasteiger partial charge in [-0.25, -0.2) is 0 Å². The molecule has 100 valence electrons. The second kappa shape index (κ2) is 8.90. The molecule has 0 bridgehead atoms. The number of rotatable bonds is 0. The summed E-state index contributed by atoms with van der Waals surface area (Å²) in [4.78, 5) is 0. The standard InChI is InChI=1S/C8H7F3O.C3H8.C2H6/c1-5-4-6(8(9,10)11)2-3-7(5)12;1-3-2;1-2/h2-4,12H,1H3;3H2,1-2H3;1-2H3. The van der Waals surface area contributed by atoms with Gasteiger partial charge < -0.3 is 5.11 Å². The van der Waals surface area contributed by atoms with Gasteiger partial charge in [-0.2, -0.15) is 13.2 Å². The minimum Gasteiger partial charge on any atom is -0.508 e. The van der Waals surface area contributed by atoms with E-state index in [2.05, 4.69) is 13.8 Å². The maximum Gasteiger partial charge on any atom is 0.416 e. The van der Waals surface area contributed by atoms with Crippen molar-refractivity contribution in [3.8, 4) is 5.75 Å². The molecule has 1 rings (SSSR count). The highest BCUT2D eigenvalue weighted by Crippen LogP contribution is 2.31. The van der Waals surface area contributed by atoms with Gasteiger partial charge in [-0.05, 0) is 30.7 Å². The first kappa shape index (κ1) is 18.2. The fourth-order valence-electron chi connectivity index (χ4n) is 0.832. The van der Waals surface area contributed by atoms with Crippen molar-refractivity contribution in [1.82, 2.24) is 0 Å². The number of alkyl halides is 3. The lowest BCUT2D eigenvalue weighted by atomic mass is 10.1. The number of halogens is 3. The van der Waals surface area contributed by atoms with Gasteiger partial charge in [0.2, 0.25) is 0 Å². The maximum atomic E-state index is 12.0. The van der Waals surface area contributed by atoms with Crippen LogP contribution in [-0.4, -0.2) is 5.11 Å². The number of phenolic OH excluding ortho intramolecular Hbond substituents is 1. The van der Waals surface area contributed by atoms with Crippen molar-refractivity contribution >= 4 is 0 Å². The quantitative estimate of drug-likeness (QED) is 0.674. The third-order valence-corrected chi connectivity index (χ3v) is 1.52. The molecule has 0 spiro atoms. The van der Waals surface area contributed by atoms with Gasteiger partial charge in [0, 0.05) is 0 Å². The van der Waals surface area contributed by atoms with Crippen LogP contribution in [0.15, 0.2) is 18.2 Å². The van der Waals surface area contributed by atoms with Gasteiger partial charge in [-0.3, -0.25) is 0 Å². The van der Waals surface area contributed by atoms with Crippen molar-refractivity contribution in [3.63, 3.8) is 0 Å². The summed E-state index contributed by atoms with van der Waals surface area (Å²) in [6.45, 7) is 9.67. The summed E-state index contributed by atoms with van der Waals surface area (Å²) in [5, 5.41) is 8.94. The molecule has 0 aromatic heterocycles. The Kier molecular flexibility index (Phi) is 9.52. The molecule has 17 heavy (non-hydrogen) atoms. The van der Waals surface area contributed by atoms with Crippen molar-refractivity contribution in [2.24, 2.45) is 0 Å². The highest BCUT2D eigenvalue weighted by Gasteiger charge is 2.30. The van der Waals surface area contributed by atoms with Crippen LogP contribution in [0.3, 0.4) is 0 Å². The summed E-state index contributed by atoms with van der Waals surface area (Å²) in [6, 6.07) is 2.80. The van der Waals surface area contributed by atoms with E-state index >= 15 is 0 Å². The SMILES string of the molecule is CC.CCC.Cc1cc(C(F)(F)F)ccc1O. The first-order valence-corrected chi connectivity index (χ1v) is 5.69. The topological polar surface area (TPSA) is 20.2 Å². The van der Waals surface area contributed by atoms with Crippen LogP contribution >= 0.6 is 0 Å². The molecule has 0 saturated carbocycles. The Morgan fingerprint density at radius 1 is 1.12 bits per heavy atom. The number of hydrogen-bond donors (Lipinski definition) is 1. The van der Waals surface area contributed by atoms with E-state index in [9.17, 15) is 13.2 Å². The van der Waals surface area contributed by atoms with Crippen LogP contribution in [0, 0.1) is 6.92 Å². The molecule has 1 aromatic carbocycles. The van der Waals surface area contributed by atoms with Crippen molar-refractivity contribution in [1.29, 1.82) is 0 Å². The average Bonchev–Trinajstić information content (AvgIpc) is 2.24. The molecule has 0 aliphatic carbocycles. The highest BCUT2D eigenvalue weighted by atomic mass is 19.4. The maximum absolute atomic E-state index is 12.0. The number of hydrogen-bond acceptors (Lipinski definition) is 1. The lowest BCUT2D eigenvalue weighted by molar-refractivity contribution is -0.137. The number of aromatic hydroxyl groups is 1. The summed E-state index contributed by atoms with van der Waals surface area (Å²) in [7, 11) is 0. The van der Waals surface area contributed by atoms with Crippen molar-refractivity contribution in [2.45, 2.75) is 47.2 Å². The normalized spacial score (nSPS) is 9.65. The van der Waals surface area contributed by atoms with Crippen molar-refractivity contribution < 1.29 is 18.3 Å². The Hall–Kier alpha value is -1.19. The lowest BCUT2D eigenvalue weighted by Gasteiger charge is -2.07. The Balaban J connectivity index is 0.